The molecular weight excluding hydrogens is 346 g/mol. The second kappa shape index (κ2) is 6.66. The molecular formula is C24H21N3O. The van der Waals surface area contributed by atoms with Gasteiger partial charge < -0.3 is 14.9 Å². The monoisotopic (exact) mass is 367 g/mol. The van der Waals surface area contributed by atoms with Crippen LogP contribution < -0.4 is 11.3 Å². The first kappa shape index (κ1) is 16.8. The van der Waals surface area contributed by atoms with E-state index in [0.29, 0.717) is 13.1 Å². The van der Waals surface area contributed by atoms with E-state index in [0.717, 1.165) is 33.8 Å². The topological polar surface area (TPSA) is 52.9 Å². The molecule has 0 unspecified atom stereocenters. The average molecular weight is 367 g/mol. The second-order valence-corrected chi connectivity index (χ2v) is 7.15. The molecule has 2 N–H and O–H groups in total. The Labute approximate surface area is 162 Å². The zero-order valence-corrected chi connectivity index (χ0v) is 15.5. The molecule has 0 spiro atoms. The van der Waals surface area contributed by atoms with Gasteiger partial charge >= 0.3 is 0 Å². The minimum atomic E-state index is 0.0350. The average Bonchev–Trinajstić information content (AvgIpc) is 3.14. The van der Waals surface area contributed by atoms with Gasteiger partial charge in [0.2, 0.25) is 0 Å². The van der Waals surface area contributed by atoms with E-state index in [1.54, 1.807) is 4.57 Å². The quantitative estimate of drug-likeness (QED) is 0.520. The van der Waals surface area contributed by atoms with Gasteiger partial charge in [0.15, 0.2) is 0 Å². The van der Waals surface area contributed by atoms with Gasteiger partial charge in [0.05, 0.1) is 12.1 Å². The van der Waals surface area contributed by atoms with Crippen LogP contribution in [0.1, 0.15) is 5.56 Å². The van der Waals surface area contributed by atoms with Crippen LogP contribution >= 0.6 is 0 Å². The van der Waals surface area contributed by atoms with Crippen LogP contribution in [0.25, 0.3) is 32.4 Å². The van der Waals surface area contributed by atoms with Gasteiger partial charge in [0.25, 0.3) is 5.56 Å². The fourth-order valence-electron chi connectivity index (χ4n) is 4.13. The Morgan fingerprint density at radius 1 is 0.714 bits per heavy atom. The summed E-state index contributed by atoms with van der Waals surface area (Å²) in [5, 5.41) is 5.23. The molecule has 0 aliphatic heterocycles. The maximum Gasteiger partial charge on any atom is 0.258 e. The van der Waals surface area contributed by atoms with Crippen molar-refractivity contribution in [2.45, 2.75) is 13.1 Å². The van der Waals surface area contributed by atoms with Gasteiger partial charge in [0.1, 0.15) is 0 Å². The van der Waals surface area contributed by atoms with Crippen LogP contribution in [0.15, 0.2) is 83.9 Å². The number of hydrogen-bond acceptors (Lipinski definition) is 2. The standard InChI is InChI=1S/C24H21N3O/c25-12-15-26-13-10-18-8-9-22-21(23(18)26)11-14-27(24(22)28)16-19-6-3-5-17-4-1-2-7-20(17)19/h1-11,13-14H,12,15-16,25H2. The lowest BCUT2D eigenvalue weighted by molar-refractivity contribution is 0.736. The lowest BCUT2D eigenvalue weighted by Gasteiger charge is -2.12. The van der Waals surface area contributed by atoms with Crippen LogP contribution in [0.3, 0.4) is 0 Å². The van der Waals surface area contributed by atoms with Gasteiger partial charge in [-0.1, -0.05) is 48.5 Å². The molecule has 4 heteroatoms. The molecule has 3 aromatic carbocycles. The van der Waals surface area contributed by atoms with Gasteiger partial charge in [-0.05, 0) is 34.5 Å². The molecule has 0 bridgehead atoms. The van der Waals surface area contributed by atoms with Crippen LogP contribution in [-0.4, -0.2) is 15.7 Å². The summed E-state index contributed by atoms with van der Waals surface area (Å²) in [6.45, 7) is 1.86. The maximum absolute atomic E-state index is 13.2. The minimum Gasteiger partial charge on any atom is -0.346 e. The van der Waals surface area contributed by atoms with Crippen molar-refractivity contribution in [3.63, 3.8) is 0 Å². The lowest BCUT2D eigenvalue weighted by Crippen LogP contribution is -2.20. The molecule has 0 aliphatic rings. The minimum absolute atomic E-state index is 0.0350. The van der Waals surface area contributed by atoms with Crippen LogP contribution in [0.4, 0.5) is 0 Å². The molecule has 0 fully saturated rings. The highest BCUT2D eigenvalue weighted by Crippen LogP contribution is 2.25. The van der Waals surface area contributed by atoms with E-state index in [1.165, 1.54) is 10.8 Å². The van der Waals surface area contributed by atoms with Crippen molar-refractivity contribution in [1.82, 2.24) is 9.13 Å². The molecule has 0 atom stereocenters. The highest BCUT2D eigenvalue weighted by molar-refractivity contribution is 6.05. The smallest absolute Gasteiger partial charge is 0.258 e. The molecule has 0 saturated heterocycles. The predicted molar refractivity (Wildman–Crippen MR) is 116 cm³/mol. The van der Waals surface area contributed by atoms with Crippen molar-refractivity contribution in [3.8, 4) is 0 Å². The Kier molecular flexibility index (Phi) is 3.99. The molecule has 5 aromatic rings. The van der Waals surface area contributed by atoms with Crippen LogP contribution in [-0.2, 0) is 13.1 Å². The zero-order valence-electron chi connectivity index (χ0n) is 15.5. The van der Waals surface area contributed by atoms with E-state index in [1.807, 2.05) is 42.7 Å². The summed E-state index contributed by atoms with van der Waals surface area (Å²) in [7, 11) is 0. The van der Waals surface area contributed by atoms with Crippen molar-refractivity contribution in [3.05, 3.63) is 95.0 Å². The van der Waals surface area contributed by atoms with Gasteiger partial charge in [-0.2, -0.15) is 0 Å². The third kappa shape index (κ3) is 2.62. The van der Waals surface area contributed by atoms with Gasteiger partial charge in [-0.3, -0.25) is 4.79 Å². The Bertz CT molecular complexity index is 1370. The van der Waals surface area contributed by atoms with Crippen LogP contribution in [0, 0.1) is 0 Å². The zero-order chi connectivity index (χ0) is 19.1. The number of benzene rings is 3. The largest absolute Gasteiger partial charge is 0.346 e. The van der Waals surface area contributed by atoms with Crippen LogP contribution in [0.2, 0.25) is 0 Å². The number of nitrogens with two attached hydrogens (primary N) is 1. The summed E-state index contributed by atoms with van der Waals surface area (Å²) < 4.78 is 3.93. The fraction of sp³-hybridized carbons (Fsp3) is 0.125. The SMILES string of the molecule is NCCn1ccc2ccc3c(=O)n(Cc4cccc5ccccc45)ccc3c21. The highest BCUT2D eigenvalue weighted by Gasteiger charge is 2.10. The Balaban J connectivity index is 1.67. The van der Waals surface area contributed by atoms with Crippen molar-refractivity contribution < 1.29 is 0 Å². The van der Waals surface area contributed by atoms with Gasteiger partial charge in [0, 0.05) is 41.6 Å². The number of pyridine rings is 1. The van der Waals surface area contributed by atoms with E-state index in [4.69, 9.17) is 5.73 Å². The van der Waals surface area contributed by atoms with E-state index >= 15 is 0 Å². The van der Waals surface area contributed by atoms with E-state index in [-0.39, 0.29) is 5.56 Å². The summed E-state index contributed by atoms with van der Waals surface area (Å²) in [6, 6.07) is 22.6. The number of aromatic nitrogens is 2. The summed E-state index contributed by atoms with van der Waals surface area (Å²) in [5.41, 5.74) is 8.01. The molecule has 2 aromatic heterocycles. The first-order chi connectivity index (χ1) is 13.8. The molecule has 0 amide bonds. The predicted octanol–water partition coefficient (Wildman–Crippen LogP) is 4.12. The molecule has 138 valence electrons. The lowest BCUT2D eigenvalue weighted by atomic mass is 10.0. The Morgan fingerprint density at radius 2 is 1.54 bits per heavy atom. The van der Waals surface area contributed by atoms with Crippen molar-refractivity contribution in [2.75, 3.05) is 6.54 Å². The fourth-order valence-corrected chi connectivity index (χ4v) is 4.13. The van der Waals surface area contributed by atoms with Crippen molar-refractivity contribution in [1.29, 1.82) is 0 Å². The first-order valence-electron chi connectivity index (χ1n) is 9.54. The summed E-state index contributed by atoms with van der Waals surface area (Å²) in [4.78, 5) is 13.2. The third-order valence-electron chi connectivity index (χ3n) is 5.47. The number of rotatable bonds is 4. The molecule has 28 heavy (non-hydrogen) atoms. The summed E-state index contributed by atoms with van der Waals surface area (Å²) in [5.74, 6) is 0. The number of nitrogens with zero attached hydrogens (tertiary/aromatic N) is 2. The Hall–Kier alpha value is -3.37. The third-order valence-corrected chi connectivity index (χ3v) is 5.47. The summed E-state index contributed by atoms with van der Waals surface area (Å²) in [6.07, 6.45) is 3.95. The number of hydrogen-bond donors (Lipinski definition) is 1. The van der Waals surface area contributed by atoms with Gasteiger partial charge in [-0.15, -0.1) is 0 Å². The summed E-state index contributed by atoms with van der Waals surface area (Å²) >= 11 is 0. The van der Waals surface area contributed by atoms with Crippen molar-refractivity contribution in [2.24, 2.45) is 5.73 Å². The molecule has 4 nitrogen and oxygen atoms in total. The van der Waals surface area contributed by atoms with E-state index in [9.17, 15) is 4.79 Å². The molecule has 0 saturated carbocycles. The van der Waals surface area contributed by atoms with E-state index in [2.05, 4.69) is 41.0 Å². The molecule has 0 aliphatic carbocycles. The Morgan fingerprint density at radius 3 is 2.43 bits per heavy atom. The normalized spacial score (nSPS) is 11.6. The maximum atomic E-state index is 13.2. The molecule has 5 rings (SSSR count). The van der Waals surface area contributed by atoms with Gasteiger partial charge in [-0.25, -0.2) is 0 Å². The molecule has 2 heterocycles. The highest BCUT2D eigenvalue weighted by atomic mass is 16.1. The second-order valence-electron chi connectivity index (χ2n) is 7.15. The first-order valence-corrected chi connectivity index (χ1v) is 9.54. The van der Waals surface area contributed by atoms with Crippen molar-refractivity contribution >= 4 is 32.4 Å². The molecule has 0 radical (unpaired) electrons. The van der Waals surface area contributed by atoms with E-state index < -0.39 is 0 Å². The van der Waals surface area contributed by atoms with Crippen LogP contribution in [0.5, 0.6) is 0 Å². The number of fused-ring (bicyclic) bond motifs is 4.